The average Bonchev–Trinajstić information content (AvgIpc) is 2.45. The first-order chi connectivity index (χ1) is 10.7. The highest BCUT2D eigenvalue weighted by Crippen LogP contribution is 2.20. The molecule has 1 aromatic rings. The van der Waals surface area contributed by atoms with E-state index in [-0.39, 0.29) is 17.9 Å². The second kappa shape index (κ2) is 8.08. The fraction of sp³-hybridized carbons (Fsp3) is 0.333. The van der Waals surface area contributed by atoms with Crippen LogP contribution in [0.15, 0.2) is 24.3 Å². The maximum atomic E-state index is 12.3. The SMILES string of the molecule is CCOC(=O)OC(C)C#Cc1ccccc1NC(=O)C(F)(F)F. The van der Waals surface area contributed by atoms with Crippen LogP contribution < -0.4 is 5.32 Å². The number of carbonyl (C=O) groups is 2. The summed E-state index contributed by atoms with van der Waals surface area (Å²) in [6.45, 7) is 3.23. The van der Waals surface area contributed by atoms with Crippen molar-refractivity contribution in [2.45, 2.75) is 26.1 Å². The van der Waals surface area contributed by atoms with Gasteiger partial charge in [-0.2, -0.15) is 13.2 Å². The lowest BCUT2D eigenvalue weighted by molar-refractivity contribution is -0.167. The molecular weight excluding hydrogens is 315 g/mol. The van der Waals surface area contributed by atoms with Crippen LogP contribution >= 0.6 is 0 Å². The van der Waals surface area contributed by atoms with E-state index in [0.29, 0.717) is 0 Å². The summed E-state index contributed by atoms with van der Waals surface area (Å²) in [5.74, 6) is 2.99. The highest BCUT2D eigenvalue weighted by atomic mass is 19.4. The molecule has 5 nitrogen and oxygen atoms in total. The van der Waals surface area contributed by atoms with Crippen LogP contribution in [0, 0.1) is 11.8 Å². The summed E-state index contributed by atoms with van der Waals surface area (Å²) < 4.78 is 46.2. The number of halogens is 3. The number of amides is 1. The zero-order valence-electron chi connectivity index (χ0n) is 12.4. The van der Waals surface area contributed by atoms with Crippen LogP contribution in [0.4, 0.5) is 23.7 Å². The third-order valence-electron chi connectivity index (χ3n) is 2.38. The third-order valence-corrected chi connectivity index (χ3v) is 2.38. The number of rotatable bonds is 3. The molecule has 8 heteroatoms. The lowest BCUT2D eigenvalue weighted by Gasteiger charge is -2.09. The average molecular weight is 329 g/mol. The standard InChI is InChI=1S/C15H14F3NO4/c1-3-22-14(21)23-10(2)8-9-11-6-4-5-7-12(11)19-13(20)15(16,17)18/h4-7,10H,3H2,1-2H3,(H,19,20). The van der Waals surface area contributed by atoms with Crippen LogP contribution in [-0.2, 0) is 14.3 Å². The van der Waals surface area contributed by atoms with Gasteiger partial charge in [-0.1, -0.05) is 24.0 Å². The summed E-state index contributed by atoms with van der Waals surface area (Å²) in [6.07, 6.45) is -6.73. The van der Waals surface area contributed by atoms with Gasteiger partial charge >= 0.3 is 18.2 Å². The van der Waals surface area contributed by atoms with E-state index in [1.54, 1.807) is 18.3 Å². The Morgan fingerprint density at radius 1 is 1.30 bits per heavy atom. The molecule has 0 heterocycles. The van der Waals surface area contributed by atoms with Gasteiger partial charge in [0.15, 0.2) is 6.10 Å². The first-order valence-corrected chi connectivity index (χ1v) is 6.56. The molecular formula is C15H14F3NO4. The Morgan fingerprint density at radius 2 is 1.96 bits per heavy atom. The van der Waals surface area contributed by atoms with Crippen molar-refractivity contribution in [1.82, 2.24) is 0 Å². The second-order valence-electron chi connectivity index (χ2n) is 4.21. The monoisotopic (exact) mass is 329 g/mol. The summed E-state index contributed by atoms with van der Waals surface area (Å²) in [6, 6.07) is 5.71. The molecule has 1 rings (SSSR count). The smallest absolute Gasteiger partial charge is 0.435 e. The van der Waals surface area contributed by atoms with Gasteiger partial charge in [0.25, 0.3) is 0 Å². The van der Waals surface area contributed by atoms with E-state index in [0.717, 1.165) is 0 Å². The molecule has 1 N–H and O–H groups in total. The molecule has 0 bridgehead atoms. The lowest BCUT2D eigenvalue weighted by Crippen LogP contribution is -2.30. The minimum Gasteiger partial charge on any atom is -0.435 e. The van der Waals surface area contributed by atoms with E-state index in [2.05, 4.69) is 16.6 Å². The van der Waals surface area contributed by atoms with Crippen LogP contribution in [0.3, 0.4) is 0 Å². The van der Waals surface area contributed by atoms with Crippen molar-refractivity contribution in [3.8, 4) is 11.8 Å². The minimum absolute atomic E-state index is 0.0920. The van der Waals surface area contributed by atoms with Crippen LogP contribution in [0.25, 0.3) is 0 Å². The van der Waals surface area contributed by atoms with Gasteiger partial charge in [0.05, 0.1) is 12.3 Å². The van der Waals surface area contributed by atoms with E-state index in [9.17, 15) is 22.8 Å². The highest BCUT2D eigenvalue weighted by Gasteiger charge is 2.38. The summed E-state index contributed by atoms with van der Waals surface area (Å²) in [5.41, 5.74) is 0.0649. The van der Waals surface area contributed by atoms with Crippen molar-refractivity contribution < 1.29 is 32.2 Å². The topological polar surface area (TPSA) is 64.6 Å². The lowest BCUT2D eigenvalue weighted by atomic mass is 10.1. The Morgan fingerprint density at radius 3 is 2.57 bits per heavy atom. The van der Waals surface area contributed by atoms with Crippen molar-refractivity contribution >= 4 is 17.7 Å². The van der Waals surface area contributed by atoms with Gasteiger partial charge in [0, 0.05) is 5.56 Å². The Labute approximate surface area is 130 Å². The Hall–Kier alpha value is -2.69. The van der Waals surface area contributed by atoms with Crippen LogP contribution in [0.2, 0.25) is 0 Å². The van der Waals surface area contributed by atoms with E-state index in [1.807, 2.05) is 0 Å². The molecule has 1 amide bonds. The van der Waals surface area contributed by atoms with E-state index >= 15 is 0 Å². The molecule has 0 aliphatic heterocycles. The molecule has 1 atom stereocenters. The summed E-state index contributed by atoms with van der Waals surface area (Å²) in [7, 11) is 0. The predicted octanol–water partition coefficient (Wildman–Crippen LogP) is 3.10. The normalized spacial score (nSPS) is 11.7. The quantitative estimate of drug-likeness (QED) is 0.684. The molecule has 1 aromatic carbocycles. The zero-order chi connectivity index (χ0) is 17.5. The zero-order valence-corrected chi connectivity index (χ0v) is 12.4. The summed E-state index contributed by atoms with van der Waals surface area (Å²) in [4.78, 5) is 22.1. The van der Waals surface area contributed by atoms with Crippen LogP contribution in [0.1, 0.15) is 19.4 Å². The molecule has 0 saturated carbocycles. The van der Waals surface area contributed by atoms with Crippen molar-refractivity contribution in [3.63, 3.8) is 0 Å². The molecule has 0 radical (unpaired) electrons. The number of anilines is 1. The first-order valence-electron chi connectivity index (χ1n) is 6.56. The van der Waals surface area contributed by atoms with Gasteiger partial charge in [-0.25, -0.2) is 4.79 Å². The number of hydrogen-bond donors (Lipinski definition) is 1. The molecule has 23 heavy (non-hydrogen) atoms. The first kappa shape index (κ1) is 18.4. The van der Waals surface area contributed by atoms with Gasteiger partial charge in [-0.05, 0) is 26.0 Å². The molecule has 124 valence electrons. The number of hydrogen-bond acceptors (Lipinski definition) is 4. The fourth-order valence-electron chi connectivity index (χ4n) is 1.40. The van der Waals surface area contributed by atoms with Gasteiger partial charge in [0.1, 0.15) is 0 Å². The van der Waals surface area contributed by atoms with Crippen molar-refractivity contribution in [1.29, 1.82) is 0 Å². The van der Waals surface area contributed by atoms with E-state index in [4.69, 9.17) is 4.74 Å². The molecule has 0 spiro atoms. The molecule has 0 aliphatic rings. The number of nitrogens with one attached hydrogen (secondary N) is 1. The second-order valence-corrected chi connectivity index (χ2v) is 4.21. The largest absolute Gasteiger partial charge is 0.509 e. The minimum atomic E-state index is -5.00. The maximum Gasteiger partial charge on any atom is 0.509 e. The van der Waals surface area contributed by atoms with Gasteiger partial charge < -0.3 is 14.8 Å². The molecule has 0 aliphatic carbocycles. The van der Waals surface area contributed by atoms with Crippen molar-refractivity contribution in [3.05, 3.63) is 29.8 Å². The van der Waals surface area contributed by atoms with Crippen molar-refractivity contribution in [2.24, 2.45) is 0 Å². The molecule has 0 aromatic heterocycles. The number of ether oxygens (including phenoxy) is 2. The van der Waals surface area contributed by atoms with Crippen LogP contribution in [0.5, 0.6) is 0 Å². The molecule has 0 saturated heterocycles. The van der Waals surface area contributed by atoms with Gasteiger partial charge in [-0.3, -0.25) is 4.79 Å². The summed E-state index contributed by atoms with van der Waals surface area (Å²) in [5, 5.41) is 1.74. The number of carbonyl (C=O) groups excluding carboxylic acids is 2. The van der Waals surface area contributed by atoms with Gasteiger partial charge in [0.2, 0.25) is 0 Å². The molecule has 1 unspecified atom stereocenters. The third kappa shape index (κ3) is 6.30. The highest BCUT2D eigenvalue weighted by molar-refractivity contribution is 5.96. The van der Waals surface area contributed by atoms with Gasteiger partial charge in [-0.15, -0.1) is 0 Å². The predicted molar refractivity (Wildman–Crippen MR) is 75.6 cm³/mol. The van der Waals surface area contributed by atoms with Crippen LogP contribution in [-0.4, -0.2) is 30.9 Å². The maximum absolute atomic E-state index is 12.3. The summed E-state index contributed by atoms with van der Waals surface area (Å²) >= 11 is 0. The number of alkyl halides is 3. The van der Waals surface area contributed by atoms with E-state index < -0.39 is 24.3 Å². The Bertz CT molecular complexity index is 632. The number of para-hydroxylation sites is 1. The number of benzene rings is 1. The van der Waals surface area contributed by atoms with Crippen molar-refractivity contribution in [2.75, 3.05) is 11.9 Å². The molecule has 0 fully saturated rings. The fourth-order valence-corrected chi connectivity index (χ4v) is 1.40. The Kier molecular flexibility index (Phi) is 6.45. The Balaban J connectivity index is 2.84. The van der Waals surface area contributed by atoms with E-state index in [1.165, 1.54) is 25.1 Å².